The lowest BCUT2D eigenvalue weighted by Gasteiger charge is -2.13. The van der Waals surface area contributed by atoms with E-state index in [0.717, 1.165) is 22.0 Å². The Labute approximate surface area is 193 Å². The standard InChI is InChI=1S/C24H21BrClN3O2/c1-4-14(2)23-28-21-9-7-17(25)12-19(21)24(30)29(23)27-13-18-8-10-22(31-18)16-6-5-15(3)20(26)11-16/h5-14H,4H2,1-3H3/t14-/m0/s1. The fourth-order valence-electron chi connectivity index (χ4n) is 3.22. The van der Waals surface area contributed by atoms with Gasteiger partial charge < -0.3 is 4.42 Å². The van der Waals surface area contributed by atoms with Crippen LogP contribution in [0.2, 0.25) is 5.02 Å². The first kappa shape index (κ1) is 21.5. The van der Waals surface area contributed by atoms with Crippen LogP contribution in [0.5, 0.6) is 0 Å². The van der Waals surface area contributed by atoms with Crippen molar-refractivity contribution in [3.63, 3.8) is 0 Å². The van der Waals surface area contributed by atoms with Gasteiger partial charge >= 0.3 is 0 Å². The molecule has 2 aromatic carbocycles. The molecule has 0 aliphatic carbocycles. The maximum Gasteiger partial charge on any atom is 0.282 e. The molecule has 4 rings (SSSR count). The van der Waals surface area contributed by atoms with Gasteiger partial charge in [0.25, 0.3) is 5.56 Å². The lowest BCUT2D eigenvalue weighted by Crippen LogP contribution is -2.23. The van der Waals surface area contributed by atoms with Crippen LogP contribution in [0.25, 0.3) is 22.2 Å². The highest BCUT2D eigenvalue weighted by Crippen LogP contribution is 2.27. The molecule has 0 spiro atoms. The Kier molecular flexibility index (Phi) is 6.12. The van der Waals surface area contributed by atoms with Gasteiger partial charge in [-0.2, -0.15) is 9.78 Å². The maximum absolute atomic E-state index is 13.2. The minimum Gasteiger partial charge on any atom is -0.455 e. The van der Waals surface area contributed by atoms with E-state index in [2.05, 4.69) is 28.0 Å². The van der Waals surface area contributed by atoms with Crippen LogP contribution in [-0.4, -0.2) is 15.9 Å². The average molecular weight is 499 g/mol. The second kappa shape index (κ2) is 8.81. The predicted molar refractivity (Wildman–Crippen MR) is 129 cm³/mol. The molecule has 0 bridgehead atoms. The third-order valence-electron chi connectivity index (χ3n) is 5.27. The number of hydrogen-bond donors (Lipinski definition) is 0. The predicted octanol–water partition coefficient (Wildman–Crippen LogP) is 6.78. The van der Waals surface area contributed by atoms with E-state index in [1.807, 2.05) is 56.3 Å². The second-order valence-electron chi connectivity index (χ2n) is 7.47. The van der Waals surface area contributed by atoms with E-state index >= 15 is 0 Å². The van der Waals surface area contributed by atoms with Gasteiger partial charge in [-0.25, -0.2) is 4.98 Å². The summed E-state index contributed by atoms with van der Waals surface area (Å²) in [6, 6.07) is 14.9. The van der Waals surface area contributed by atoms with Crippen molar-refractivity contribution in [1.82, 2.24) is 9.66 Å². The highest BCUT2D eigenvalue weighted by atomic mass is 79.9. The molecular formula is C24H21BrClN3O2. The molecule has 4 aromatic rings. The quantitative estimate of drug-likeness (QED) is 0.285. The van der Waals surface area contributed by atoms with Crippen LogP contribution < -0.4 is 5.56 Å². The summed E-state index contributed by atoms with van der Waals surface area (Å²) in [5, 5.41) is 5.64. The van der Waals surface area contributed by atoms with E-state index in [-0.39, 0.29) is 11.5 Å². The van der Waals surface area contributed by atoms with Crippen LogP contribution in [-0.2, 0) is 0 Å². The van der Waals surface area contributed by atoms with Crippen LogP contribution in [0.1, 0.15) is 43.3 Å². The third kappa shape index (κ3) is 4.36. The Hall–Kier alpha value is -2.70. The van der Waals surface area contributed by atoms with Crippen molar-refractivity contribution in [2.75, 3.05) is 0 Å². The summed E-state index contributed by atoms with van der Waals surface area (Å²) in [6.45, 7) is 6.04. The van der Waals surface area contributed by atoms with Gasteiger partial charge in [-0.1, -0.05) is 53.5 Å². The van der Waals surface area contributed by atoms with E-state index in [1.54, 1.807) is 6.07 Å². The maximum atomic E-state index is 13.2. The Morgan fingerprint density at radius 1 is 1.23 bits per heavy atom. The van der Waals surface area contributed by atoms with Gasteiger partial charge in [0.2, 0.25) is 0 Å². The molecule has 158 valence electrons. The molecule has 31 heavy (non-hydrogen) atoms. The molecule has 0 saturated carbocycles. The number of hydrogen-bond acceptors (Lipinski definition) is 4. The van der Waals surface area contributed by atoms with E-state index in [4.69, 9.17) is 21.0 Å². The van der Waals surface area contributed by atoms with Crippen molar-refractivity contribution >= 4 is 44.6 Å². The van der Waals surface area contributed by atoms with Gasteiger partial charge in [-0.3, -0.25) is 4.79 Å². The van der Waals surface area contributed by atoms with Crippen molar-refractivity contribution in [2.45, 2.75) is 33.1 Å². The zero-order valence-corrected chi connectivity index (χ0v) is 19.7. The largest absolute Gasteiger partial charge is 0.455 e. The summed E-state index contributed by atoms with van der Waals surface area (Å²) in [5.74, 6) is 1.90. The van der Waals surface area contributed by atoms with Gasteiger partial charge in [0.15, 0.2) is 0 Å². The Balaban J connectivity index is 1.75. The molecule has 0 radical (unpaired) electrons. The molecule has 7 heteroatoms. The van der Waals surface area contributed by atoms with Gasteiger partial charge in [0.1, 0.15) is 17.3 Å². The first-order chi connectivity index (χ1) is 14.9. The summed E-state index contributed by atoms with van der Waals surface area (Å²) in [6.07, 6.45) is 2.38. The van der Waals surface area contributed by atoms with Crippen LogP contribution >= 0.6 is 27.5 Å². The molecule has 0 aliphatic heterocycles. The number of aromatic nitrogens is 2. The highest BCUT2D eigenvalue weighted by molar-refractivity contribution is 9.10. The molecule has 2 aromatic heterocycles. The van der Waals surface area contributed by atoms with Gasteiger partial charge in [0, 0.05) is 21.0 Å². The topological polar surface area (TPSA) is 60.4 Å². The zero-order chi connectivity index (χ0) is 22.1. The van der Waals surface area contributed by atoms with Crippen LogP contribution in [0, 0.1) is 6.92 Å². The van der Waals surface area contributed by atoms with E-state index in [1.165, 1.54) is 10.9 Å². The molecule has 0 fully saturated rings. The normalized spacial score (nSPS) is 12.7. The van der Waals surface area contributed by atoms with E-state index in [0.29, 0.717) is 33.3 Å². The van der Waals surface area contributed by atoms with E-state index < -0.39 is 0 Å². The molecule has 0 unspecified atom stereocenters. The minimum atomic E-state index is -0.213. The van der Waals surface area contributed by atoms with Crippen LogP contribution in [0.15, 0.2) is 67.3 Å². The number of nitrogens with zero attached hydrogens (tertiary/aromatic N) is 3. The number of aryl methyl sites for hydroxylation is 1. The molecule has 0 amide bonds. The molecule has 5 nitrogen and oxygen atoms in total. The minimum absolute atomic E-state index is 0.0692. The van der Waals surface area contributed by atoms with Crippen molar-refractivity contribution in [1.29, 1.82) is 0 Å². The lowest BCUT2D eigenvalue weighted by molar-refractivity contribution is 0.571. The monoisotopic (exact) mass is 497 g/mol. The summed E-state index contributed by atoms with van der Waals surface area (Å²) in [5.41, 5.74) is 2.33. The van der Waals surface area contributed by atoms with Gasteiger partial charge in [-0.15, -0.1) is 0 Å². The van der Waals surface area contributed by atoms with Crippen LogP contribution in [0.3, 0.4) is 0 Å². The molecule has 1 atom stereocenters. The number of furan rings is 1. The molecule has 0 saturated heterocycles. The third-order valence-corrected chi connectivity index (χ3v) is 6.17. The summed E-state index contributed by atoms with van der Waals surface area (Å²) in [4.78, 5) is 17.9. The Morgan fingerprint density at radius 3 is 2.77 bits per heavy atom. The van der Waals surface area contributed by atoms with Crippen LogP contribution in [0.4, 0.5) is 0 Å². The Bertz CT molecular complexity index is 1360. The van der Waals surface area contributed by atoms with Gasteiger partial charge in [-0.05, 0) is 55.3 Å². The summed E-state index contributed by atoms with van der Waals surface area (Å²) in [7, 11) is 0. The smallest absolute Gasteiger partial charge is 0.282 e. The van der Waals surface area contributed by atoms with E-state index in [9.17, 15) is 4.79 Å². The lowest BCUT2D eigenvalue weighted by atomic mass is 10.1. The molecule has 2 heterocycles. The zero-order valence-electron chi connectivity index (χ0n) is 17.4. The molecule has 0 N–H and O–H groups in total. The van der Waals surface area contributed by atoms with Crippen molar-refractivity contribution < 1.29 is 4.42 Å². The van der Waals surface area contributed by atoms with Crippen molar-refractivity contribution in [2.24, 2.45) is 5.10 Å². The summed E-state index contributed by atoms with van der Waals surface area (Å²) < 4.78 is 8.09. The molecular weight excluding hydrogens is 478 g/mol. The number of benzene rings is 2. The Morgan fingerprint density at radius 2 is 2.03 bits per heavy atom. The number of rotatable bonds is 5. The first-order valence-electron chi connectivity index (χ1n) is 10.00. The first-order valence-corrected chi connectivity index (χ1v) is 11.2. The fourth-order valence-corrected chi connectivity index (χ4v) is 3.76. The molecule has 0 aliphatic rings. The summed E-state index contributed by atoms with van der Waals surface area (Å²) >= 11 is 9.66. The second-order valence-corrected chi connectivity index (χ2v) is 8.79. The SMILES string of the molecule is CC[C@H](C)c1nc2ccc(Br)cc2c(=O)n1N=Cc1ccc(-c2ccc(C)c(Cl)c2)o1. The average Bonchev–Trinajstić information content (AvgIpc) is 3.23. The number of halogens is 2. The number of fused-ring (bicyclic) bond motifs is 1. The van der Waals surface area contributed by atoms with Crippen molar-refractivity contribution in [3.8, 4) is 11.3 Å². The highest BCUT2D eigenvalue weighted by Gasteiger charge is 2.16. The van der Waals surface area contributed by atoms with Crippen molar-refractivity contribution in [3.05, 3.63) is 85.5 Å². The fraction of sp³-hybridized carbons (Fsp3) is 0.208. The van der Waals surface area contributed by atoms with Gasteiger partial charge in [0.05, 0.1) is 17.1 Å².